The van der Waals surface area contributed by atoms with E-state index in [1.54, 1.807) is 0 Å². The lowest BCUT2D eigenvalue weighted by Crippen LogP contribution is -2.51. The summed E-state index contributed by atoms with van der Waals surface area (Å²) < 4.78 is 11.6. The largest absolute Gasteiger partial charge is 0.457 e. The summed E-state index contributed by atoms with van der Waals surface area (Å²) in [6.07, 6.45) is 2.87. The van der Waals surface area contributed by atoms with E-state index in [9.17, 15) is 4.79 Å². The molecule has 0 spiro atoms. The number of benzene rings is 2. The lowest BCUT2D eigenvalue weighted by Gasteiger charge is -2.34. The zero-order valence-corrected chi connectivity index (χ0v) is 20.1. The van der Waals surface area contributed by atoms with Crippen molar-refractivity contribution in [2.75, 3.05) is 64.4 Å². The molecule has 1 heterocycles. The number of rotatable bonds is 11. The first kappa shape index (κ1) is 25.3. The highest BCUT2D eigenvalue weighted by molar-refractivity contribution is 5.85. The normalized spacial score (nSPS) is 14.6. The molecule has 8 nitrogen and oxygen atoms in total. The second-order valence-electron chi connectivity index (χ2n) is 8.24. The Balaban J connectivity index is 1.80. The van der Waals surface area contributed by atoms with Gasteiger partial charge in [0, 0.05) is 70.2 Å². The summed E-state index contributed by atoms with van der Waals surface area (Å²) in [4.78, 5) is 18.1. The van der Waals surface area contributed by atoms with Crippen molar-refractivity contribution >= 4 is 24.0 Å². The van der Waals surface area contributed by atoms with Crippen molar-refractivity contribution in [3.63, 3.8) is 0 Å². The van der Waals surface area contributed by atoms with Gasteiger partial charge in [0.2, 0.25) is 0 Å². The molecule has 1 aliphatic rings. The molecule has 3 rings (SSSR count). The Kier molecular flexibility index (Phi) is 9.49. The van der Waals surface area contributed by atoms with Gasteiger partial charge in [-0.2, -0.15) is 0 Å². The molecular weight excluding hydrogens is 430 g/mol. The highest BCUT2D eigenvalue weighted by Crippen LogP contribution is 2.30. The first-order valence-electron chi connectivity index (χ1n) is 11.6. The molecule has 2 aromatic rings. The van der Waals surface area contributed by atoms with E-state index in [0.717, 1.165) is 42.1 Å². The van der Waals surface area contributed by atoms with Crippen LogP contribution in [0.1, 0.15) is 12.5 Å². The van der Waals surface area contributed by atoms with Crippen molar-refractivity contribution < 1.29 is 14.3 Å². The zero-order chi connectivity index (χ0) is 24.3. The molecule has 182 valence electrons. The zero-order valence-electron chi connectivity index (χ0n) is 20.1. The SMILES string of the molecule is CCOCCN(C)c1cc(Oc2ccccc2)ccc1/C=C(\C=O)CN1CCN(C(=N)N)CC1. The van der Waals surface area contributed by atoms with Gasteiger partial charge in [-0.25, -0.2) is 0 Å². The van der Waals surface area contributed by atoms with Gasteiger partial charge in [0.15, 0.2) is 5.96 Å². The quantitative estimate of drug-likeness (QED) is 0.173. The predicted octanol–water partition coefficient (Wildman–Crippen LogP) is 3.04. The minimum absolute atomic E-state index is 0.100. The van der Waals surface area contributed by atoms with Crippen molar-refractivity contribution in [1.29, 1.82) is 5.41 Å². The molecule has 34 heavy (non-hydrogen) atoms. The Bertz CT molecular complexity index is 972. The Morgan fingerprint density at radius 2 is 1.85 bits per heavy atom. The Hall–Kier alpha value is -3.36. The molecule has 0 aromatic heterocycles. The summed E-state index contributed by atoms with van der Waals surface area (Å²) in [6, 6.07) is 15.6. The summed E-state index contributed by atoms with van der Waals surface area (Å²) in [7, 11) is 2.01. The van der Waals surface area contributed by atoms with Crippen molar-refractivity contribution in [2.24, 2.45) is 5.73 Å². The summed E-state index contributed by atoms with van der Waals surface area (Å²) >= 11 is 0. The smallest absolute Gasteiger partial charge is 0.188 e. The summed E-state index contributed by atoms with van der Waals surface area (Å²) in [5.41, 5.74) is 8.21. The van der Waals surface area contributed by atoms with E-state index >= 15 is 0 Å². The standard InChI is InChI=1S/C26H35N5O3/c1-3-33-16-15-29(2)25-18-24(34-23-7-5-4-6-8-23)10-9-22(25)17-21(20-32)19-30-11-13-31(14-12-30)26(27)28/h4-10,17-18,20H,3,11-16,19H2,1-2H3,(H3,27,28)/b21-17-. The summed E-state index contributed by atoms with van der Waals surface area (Å²) in [5.74, 6) is 1.60. The monoisotopic (exact) mass is 465 g/mol. The number of likely N-dealkylation sites (N-methyl/N-ethyl adjacent to an activating group) is 1. The maximum atomic E-state index is 11.9. The molecule has 0 aliphatic carbocycles. The predicted molar refractivity (Wildman–Crippen MR) is 137 cm³/mol. The van der Waals surface area contributed by atoms with Gasteiger partial charge in [-0.1, -0.05) is 18.2 Å². The van der Waals surface area contributed by atoms with E-state index in [2.05, 4.69) is 9.80 Å². The molecular formula is C26H35N5O3. The van der Waals surface area contributed by atoms with Gasteiger partial charge in [0.05, 0.1) is 6.61 Å². The van der Waals surface area contributed by atoms with Crippen LogP contribution in [0.15, 0.2) is 54.1 Å². The Labute approximate surface area is 202 Å². The van der Waals surface area contributed by atoms with Crippen LogP contribution in [0.25, 0.3) is 6.08 Å². The Morgan fingerprint density at radius 3 is 2.50 bits per heavy atom. The molecule has 0 unspecified atom stereocenters. The average Bonchev–Trinajstić information content (AvgIpc) is 2.85. The van der Waals surface area contributed by atoms with Gasteiger partial charge < -0.3 is 25.0 Å². The van der Waals surface area contributed by atoms with Crippen LogP contribution in [0.2, 0.25) is 0 Å². The molecule has 0 bridgehead atoms. The third-order valence-corrected chi connectivity index (χ3v) is 5.78. The Morgan fingerprint density at radius 1 is 1.12 bits per heavy atom. The average molecular weight is 466 g/mol. The lowest BCUT2D eigenvalue weighted by atomic mass is 10.1. The second-order valence-corrected chi connectivity index (χ2v) is 8.24. The first-order chi connectivity index (χ1) is 16.5. The van der Waals surface area contributed by atoms with Crippen LogP contribution < -0.4 is 15.4 Å². The molecule has 0 saturated carbocycles. The summed E-state index contributed by atoms with van der Waals surface area (Å²) in [6.45, 7) is 7.44. The third-order valence-electron chi connectivity index (χ3n) is 5.78. The highest BCUT2D eigenvalue weighted by atomic mass is 16.5. The van der Waals surface area contributed by atoms with E-state index in [1.807, 2.05) is 73.5 Å². The maximum Gasteiger partial charge on any atom is 0.188 e. The van der Waals surface area contributed by atoms with Crippen molar-refractivity contribution in [1.82, 2.24) is 9.80 Å². The molecule has 8 heteroatoms. The number of hydrogen-bond donors (Lipinski definition) is 2. The molecule has 2 aromatic carbocycles. The number of aldehydes is 1. The van der Waals surface area contributed by atoms with Crippen LogP contribution in [0.5, 0.6) is 11.5 Å². The van der Waals surface area contributed by atoms with E-state index in [-0.39, 0.29) is 5.96 Å². The number of nitrogens with one attached hydrogen (secondary N) is 1. The maximum absolute atomic E-state index is 11.9. The summed E-state index contributed by atoms with van der Waals surface area (Å²) in [5, 5.41) is 7.59. The van der Waals surface area contributed by atoms with Crippen LogP contribution in [0.3, 0.4) is 0 Å². The number of hydrogen-bond acceptors (Lipinski definition) is 6. The van der Waals surface area contributed by atoms with Crippen LogP contribution in [-0.2, 0) is 9.53 Å². The fraction of sp³-hybridized carbons (Fsp3) is 0.385. The van der Waals surface area contributed by atoms with Crippen LogP contribution >= 0.6 is 0 Å². The number of carbonyl (C=O) groups is 1. The van der Waals surface area contributed by atoms with Crippen LogP contribution in [0, 0.1) is 5.41 Å². The van der Waals surface area contributed by atoms with Crippen LogP contribution in [-0.4, -0.2) is 81.6 Å². The number of guanidine groups is 1. The van der Waals surface area contributed by atoms with Crippen LogP contribution in [0.4, 0.5) is 5.69 Å². The van der Waals surface area contributed by atoms with E-state index in [0.29, 0.717) is 45.0 Å². The topological polar surface area (TPSA) is 95.1 Å². The molecule has 1 aliphatic heterocycles. The van der Waals surface area contributed by atoms with Gasteiger partial charge in [0.25, 0.3) is 0 Å². The molecule has 1 saturated heterocycles. The van der Waals surface area contributed by atoms with E-state index < -0.39 is 0 Å². The molecule has 0 amide bonds. The van der Waals surface area contributed by atoms with Gasteiger partial charge >= 0.3 is 0 Å². The minimum atomic E-state index is 0.100. The fourth-order valence-corrected chi connectivity index (χ4v) is 3.85. The number of nitrogens with two attached hydrogens (primary N) is 1. The van der Waals surface area contributed by atoms with Crippen molar-refractivity contribution in [3.05, 3.63) is 59.7 Å². The van der Waals surface area contributed by atoms with Gasteiger partial charge in [-0.05, 0) is 42.8 Å². The first-order valence-corrected chi connectivity index (χ1v) is 11.6. The minimum Gasteiger partial charge on any atom is -0.457 e. The van der Waals surface area contributed by atoms with Crippen molar-refractivity contribution in [3.8, 4) is 11.5 Å². The number of piperazine rings is 1. The molecule has 0 radical (unpaired) electrons. The van der Waals surface area contributed by atoms with Gasteiger partial charge in [-0.3, -0.25) is 15.1 Å². The number of anilines is 1. The molecule has 1 fully saturated rings. The van der Waals surface area contributed by atoms with E-state index in [1.165, 1.54) is 0 Å². The highest BCUT2D eigenvalue weighted by Gasteiger charge is 2.18. The van der Waals surface area contributed by atoms with Crippen molar-refractivity contribution in [2.45, 2.75) is 6.92 Å². The lowest BCUT2D eigenvalue weighted by molar-refractivity contribution is -0.105. The fourth-order valence-electron chi connectivity index (χ4n) is 3.85. The van der Waals surface area contributed by atoms with Gasteiger partial charge in [-0.15, -0.1) is 0 Å². The van der Waals surface area contributed by atoms with E-state index in [4.69, 9.17) is 20.6 Å². The number of ether oxygens (including phenoxy) is 2. The molecule has 3 N–H and O–H groups in total. The number of carbonyl (C=O) groups excluding carboxylic acids is 1. The molecule has 0 atom stereocenters. The number of para-hydroxylation sites is 1. The second kappa shape index (κ2) is 12.8. The number of nitrogens with zero attached hydrogens (tertiary/aromatic N) is 3. The van der Waals surface area contributed by atoms with Gasteiger partial charge in [0.1, 0.15) is 17.8 Å². The third kappa shape index (κ3) is 7.33.